The summed E-state index contributed by atoms with van der Waals surface area (Å²) >= 11 is 6.15. The number of rotatable bonds is 6. The van der Waals surface area contributed by atoms with Gasteiger partial charge in [0.25, 0.3) is 5.91 Å². The number of nitrogens with one attached hydrogen (secondary N) is 1. The molecule has 2 aromatic carbocycles. The first-order valence-corrected chi connectivity index (χ1v) is 9.73. The molecule has 2 aromatic heterocycles. The third-order valence-corrected chi connectivity index (χ3v) is 4.76. The number of aryl methyl sites for hydroxylation is 1. The maximum absolute atomic E-state index is 12.9. The van der Waals surface area contributed by atoms with E-state index in [2.05, 4.69) is 10.4 Å². The second-order valence-corrected chi connectivity index (χ2v) is 7.14. The van der Waals surface area contributed by atoms with E-state index < -0.39 is 0 Å². The average Bonchev–Trinajstić information content (AvgIpc) is 3.35. The number of carbonyl (C=O) groups is 1. The fraction of sp³-hybridized carbons (Fsp3) is 0.130. The van der Waals surface area contributed by atoms with Gasteiger partial charge >= 0.3 is 0 Å². The quantitative estimate of drug-likeness (QED) is 0.487. The lowest BCUT2D eigenvalue weighted by Crippen LogP contribution is -2.27. The molecular weight excluding hydrogens is 386 g/mol. The number of aromatic nitrogens is 2. The molecule has 5 nitrogen and oxygen atoms in total. The van der Waals surface area contributed by atoms with Crippen molar-refractivity contribution in [3.05, 3.63) is 94.8 Å². The molecule has 4 rings (SSSR count). The van der Waals surface area contributed by atoms with Crippen LogP contribution >= 0.6 is 11.6 Å². The molecule has 2 heterocycles. The zero-order chi connectivity index (χ0) is 20.2. The molecule has 0 spiro atoms. The first-order chi connectivity index (χ1) is 14.1. The second-order valence-electron chi connectivity index (χ2n) is 6.71. The number of hydrogen-bond acceptors (Lipinski definition) is 3. The van der Waals surface area contributed by atoms with E-state index in [1.165, 1.54) is 5.56 Å². The Morgan fingerprint density at radius 3 is 2.62 bits per heavy atom. The maximum Gasteiger partial charge on any atom is 0.270 e. The minimum Gasteiger partial charge on any atom is -0.460 e. The largest absolute Gasteiger partial charge is 0.460 e. The lowest BCUT2D eigenvalue weighted by atomic mass is 10.1. The van der Waals surface area contributed by atoms with E-state index in [0.717, 1.165) is 12.2 Å². The molecule has 0 aliphatic heterocycles. The SMILES string of the molecule is Cc1ccc(-c2cc(C(=O)NCCc3ccccc3)n(-c3cccc(Cl)c3)n2)o1. The standard InChI is InChI=1S/C23H20ClN3O2/c1-16-10-11-22(29-16)20-15-21(27(26-20)19-9-5-8-18(24)14-19)23(28)25-13-12-17-6-3-2-4-7-17/h2-11,14-15H,12-13H2,1H3,(H,25,28). The summed E-state index contributed by atoms with van der Waals surface area (Å²) < 4.78 is 7.28. The van der Waals surface area contributed by atoms with E-state index in [-0.39, 0.29) is 5.91 Å². The van der Waals surface area contributed by atoms with Crippen LogP contribution in [0.15, 0.2) is 77.2 Å². The Morgan fingerprint density at radius 1 is 1.07 bits per heavy atom. The number of halogens is 1. The number of nitrogens with zero attached hydrogens (tertiary/aromatic N) is 2. The summed E-state index contributed by atoms with van der Waals surface area (Å²) in [5.41, 5.74) is 2.89. The Morgan fingerprint density at radius 2 is 1.90 bits per heavy atom. The van der Waals surface area contributed by atoms with E-state index in [0.29, 0.717) is 34.4 Å². The van der Waals surface area contributed by atoms with Gasteiger partial charge in [0.15, 0.2) is 5.76 Å². The van der Waals surface area contributed by atoms with Gasteiger partial charge in [-0.15, -0.1) is 0 Å². The van der Waals surface area contributed by atoms with Crippen LogP contribution in [0.4, 0.5) is 0 Å². The Bertz CT molecular complexity index is 1130. The van der Waals surface area contributed by atoms with Crippen molar-refractivity contribution >= 4 is 17.5 Å². The fourth-order valence-corrected chi connectivity index (χ4v) is 3.28. The number of amides is 1. The molecule has 0 fully saturated rings. The molecule has 1 amide bonds. The normalized spacial score (nSPS) is 10.8. The summed E-state index contributed by atoms with van der Waals surface area (Å²) in [6, 6.07) is 22.7. The van der Waals surface area contributed by atoms with Gasteiger partial charge in [0.2, 0.25) is 0 Å². The highest BCUT2D eigenvalue weighted by molar-refractivity contribution is 6.30. The average molecular weight is 406 g/mol. The Balaban J connectivity index is 1.61. The van der Waals surface area contributed by atoms with Crippen LogP contribution in [0.1, 0.15) is 21.8 Å². The van der Waals surface area contributed by atoms with Crippen LogP contribution in [-0.4, -0.2) is 22.2 Å². The molecule has 0 unspecified atom stereocenters. The van der Waals surface area contributed by atoms with Crippen molar-refractivity contribution < 1.29 is 9.21 Å². The van der Waals surface area contributed by atoms with Gasteiger partial charge in [0.05, 0.1) is 5.69 Å². The predicted molar refractivity (Wildman–Crippen MR) is 113 cm³/mol. The molecule has 0 atom stereocenters. The van der Waals surface area contributed by atoms with Gasteiger partial charge in [-0.25, -0.2) is 4.68 Å². The molecule has 1 N–H and O–H groups in total. The summed E-state index contributed by atoms with van der Waals surface area (Å²) in [5.74, 6) is 1.19. The van der Waals surface area contributed by atoms with Crippen LogP contribution < -0.4 is 5.32 Å². The zero-order valence-corrected chi connectivity index (χ0v) is 16.7. The van der Waals surface area contributed by atoms with E-state index >= 15 is 0 Å². The van der Waals surface area contributed by atoms with Gasteiger partial charge < -0.3 is 9.73 Å². The molecule has 0 radical (unpaired) electrons. The third kappa shape index (κ3) is 4.41. The summed E-state index contributed by atoms with van der Waals surface area (Å²) in [7, 11) is 0. The predicted octanol–water partition coefficient (Wildman–Crippen LogP) is 5.07. The van der Waals surface area contributed by atoms with Crippen LogP contribution in [-0.2, 0) is 6.42 Å². The van der Waals surface area contributed by atoms with Crippen molar-refractivity contribution in [3.63, 3.8) is 0 Å². The number of benzene rings is 2. The topological polar surface area (TPSA) is 60.1 Å². The first-order valence-electron chi connectivity index (χ1n) is 9.35. The molecular formula is C23H20ClN3O2. The van der Waals surface area contributed by atoms with Crippen LogP contribution in [0.5, 0.6) is 0 Å². The Hall–Kier alpha value is -3.31. The second kappa shape index (κ2) is 8.37. The highest BCUT2D eigenvalue weighted by Crippen LogP contribution is 2.24. The smallest absolute Gasteiger partial charge is 0.270 e. The fourth-order valence-electron chi connectivity index (χ4n) is 3.10. The number of hydrogen-bond donors (Lipinski definition) is 1. The lowest BCUT2D eigenvalue weighted by Gasteiger charge is -2.09. The molecule has 6 heteroatoms. The van der Waals surface area contributed by atoms with Crippen molar-refractivity contribution in [3.8, 4) is 17.1 Å². The van der Waals surface area contributed by atoms with Crippen LogP contribution in [0.3, 0.4) is 0 Å². The van der Waals surface area contributed by atoms with Gasteiger partial charge in [-0.2, -0.15) is 5.10 Å². The summed E-state index contributed by atoms with van der Waals surface area (Å²) in [5, 5.41) is 8.15. The van der Waals surface area contributed by atoms with Gasteiger partial charge in [0.1, 0.15) is 17.1 Å². The zero-order valence-electron chi connectivity index (χ0n) is 15.9. The van der Waals surface area contributed by atoms with Crippen molar-refractivity contribution in [1.29, 1.82) is 0 Å². The summed E-state index contributed by atoms with van der Waals surface area (Å²) in [6.45, 7) is 2.40. The van der Waals surface area contributed by atoms with Gasteiger partial charge in [0, 0.05) is 17.6 Å². The minimum absolute atomic E-state index is 0.206. The number of carbonyl (C=O) groups excluding carboxylic acids is 1. The van der Waals surface area contributed by atoms with Crippen molar-refractivity contribution in [2.75, 3.05) is 6.54 Å². The van der Waals surface area contributed by atoms with Crippen LogP contribution in [0.2, 0.25) is 5.02 Å². The van der Waals surface area contributed by atoms with Crippen molar-refractivity contribution in [1.82, 2.24) is 15.1 Å². The highest BCUT2D eigenvalue weighted by Gasteiger charge is 2.19. The van der Waals surface area contributed by atoms with E-state index in [9.17, 15) is 4.79 Å². The van der Waals surface area contributed by atoms with Crippen LogP contribution in [0.25, 0.3) is 17.1 Å². The molecule has 0 saturated heterocycles. The first kappa shape index (κ1) is 19.0. The minimum atomic E-state index is -0.206. The Kier molecular flexibility index (Phi) is 5.49. The molecule has 146 valence electrons. The third-order valence-electron chi connectivity index (χ3n) is 4.53. The van der Waals surface area contributed by atoms with Crippen molar-refractivity contribution in [2.24, 2.45) is 0 Å². The molecule has 29 heavy (non-hydrogen) atoms. The van der Waals surface area contributed by atoms with E-state index in [1.807, 2.05) is 61.5 Å². The molecule has 0 saturated carbocycles. The van der Waals surface area contributed by atoms with E-state index in [4.69, 9.17) is 16.0 Å². The molecule has 0 aliphatic rings. The molecule has 0 bridgehead atoms. The van der Waals surface area contributed by atoms with Gasteiger partial charge in [-0.05, 0) is 49.2 Å². The summed E-state index contributed by atoms with van der Waals surface area (Å²) in [6.07, 6.45) is 0.752. The maximum atomic E-state index is 12.9. The van der Waals surface area contributed by atoms with E-state index in [1.54, 1.807) is 22.9 Å². The van der Waals surface area contributed by atoms with Gasteiger partial charge in [-0.1, -0.05) is 48.0 Å². The van der Waals surface area contributed by atoms with Gasteiger partial charge in [-0.3, -0.25) is 4.79 Å². The Labute approximate surface area is 173 Å². The van der Waals surface area contributed by atoms with Crippen molar-refractivity contribution in [2.45, 2.75) is 13.3 Å². The lowest BCUT2D eigenvalue weighted by molar-refractivity contribution is 0.0946. The summed E-state index contributed by atoms with van der Waals surface area (Å²) in [4.78, 5) is 12.9. The number of furan rings is 1. The monoisotopic (exact) mass is 405 g/mol. The van der Waals surface area contributed by atoms with Crippen LogP contribution in [0, 0.1) is 6.92 Å². The highest BCUT2D eigenvalue weighted by atomic mass is 35.5. The molecule has 4 aromatic rings. The molecule has 0 aliphatic carbocycles.